The van der Waals surface area contributed by atoms with Crippen molar-refractivity contribution >= 4 is 11.8 Å². The van der Waals surface area contributed by atoms with Crippen LogP contribution in [0.2, 0.25) is 0 Å². The van der Waals surface area contributed by atoms with Gasteiger partial charge in [-0.15, -0.1) is 0 Å². The van der Waals surface area contributed by atoms with Crippen LogP contribution < -0.4 is 9.64 Å². The molecule has 23 heavy (non-hydrogen) atoms. The van der Waals surface area contributed by atoms with Gasteiger partial charge in [-0.05, 0) is 12.1 Å². The molecule has 3 rings (SSSR count). The summed E-state index contributed by atoms with van der Waals surface area (Å²) in [7, 11) is 0. The van der Waals surface area contributed by atoms with Gasteiger partial charge in [-0.25, -0.2) is 19.2 Å². The molecule has 0 bridgehead atoms. The zero-order valence-corrected chi connectivity index (χ0v) is 12.4. The zero-order chi connectivity index (χ0) is 16.2. The molecule has 2 aromatic rings. The van der Waals surface area contributed by atoms with Gasteiger partial charge in [-0.2, -0.15) is 0 Å². The third kappa shape index (κ3) is 3.39. The van der Waals surface area contributed by atoms with Gasteiger partial charge < -0.3 is 14.7 Å². The van der Waals surface area contributed by atoms with Crippen molar-refractivity contribution < 1.29 is 19.0 Å². The minimum Gasteiger partial charge on any atom is -0.487 e. The smallest absolute Gasteiger partial charge is 0.341 e. The van der Waals surface area contributed by atoms with E-state index in [4.69, 9.17) is 4.74 Å². The number of carboxylic acid groups (broad SMARTS) is 1. The van der Waals surface area contributed by atoms with Crippen molar-refractivity contribution in [1.29, 1.82) is 0 Å². The molecule has 0 amide bonds. The number of benzene rings is 1. The number of aromatic carboxylic acids is 1. The number of carbonyl (C=O) groups is 1. The van der Waals surface area contributed by atoms with Crippen molar-refractivity contribution in [3.8, 4) is 5.75 Å². The van der Waals surface area contributed by atoms with Gasteiger partial charge in [0.25, 0.3) is 0 Å². The van der Waals surface area contributed by atoms with Gasteiger partial charge in [0, 0.05) is 32.1 Å². The quantitative estimate of drug-likeness (QED) is 0.933. The third-order valence-electron chi connectivity index (χ3n) is 3.79. The number of carboxylic acids is 1. The summed E-state index contributed by atoms with van der Waals surface area (Å²) < 4.78 is 19.3. The first-order valence-electron chi connectivity index (χ1n) is 7.34. The number of nitrogens with zero attached hydrogens (tertiary/aromatic N) is 3. The Hall–Kier alpha value is -2.70. The molecule has 7 heteroatoms. The molecule has 1 aromatic carbocycles. The first-order chi connectivity index (χ1) is 11.1. The maximum absolute atomic E-state index is 13.6. The molecule has 2 heterocycles. The Morgan fingerprint density at radius 3 is 2.74 bits per heavy atom. The predicted molar refractivity (Wildman–Crippen MR) is 81.3 cm³/mol. The molecule has 0 atom stereocenters. The minimum absolute atomic E-state index is 0.0842. The normalized spacial score (nSPS) is 15.4. The largest absolute Gasteiger partial charge is 0.487 e. The van der Waals surface area contributed by atoms with Crippen LogP contribution in [-0.2, 0) is 0 Å². The number of rotatable bonds is 4. The molecular formula is C16H16FN3O3. The summed E-state index contributed by atoms with van der Waals surface area (Å²) in [5.74, 6) is -0.764. The van der Waals surface area contributed by atoms with Crippen LogP contribution in [0.3, 0.4) is 0 Å². The van der Waals surface area contributed by atoms with Crippen LogP contribution >= 0.6 is 0 Å². The number of aromatic nitrogens is 2. The zero-order valence-electron chi connectivity index (χ0n) is 12.4. The monoisotopic (exact) mass is 317 g/mol. The van der Waals surface area contributed by atoms with Crippen molar-refractivity contribution in [2.45, 2.75) is 18.9 Å². The molecule has 1 aliphatic rings. The van der Waals surface area contributed by atoms with Gasteiger partial charge in [0.1, 0.15) is 23.8 Å². The number of para-hydroxylation sites is 1. The van der Waals surface area contributed by atoms with Gasteiger partial charge in [0.2, 0.25) is 0 Å². The fourth-order valence-electron chi connectivity index (χ4n) is 2.63. The van der Waals surface area contributed by atoms with Crippen LogP contribution in [0.1, 0.15) is 23.2 Å². The summed E-state index contributed by atoms with van der Waals surface area (Å²) >= 11 is 0. The molecule has 1 N–H and O–H groups in total. The maximum atomic E-state index is 13.6. The van der Waals surface area contributed by atoms with E-state index in [2.05, 4.69) is 9.97 Å². The number of piperidine rings is 1. The van der Waals surface area contributed by atoms with Gasteiger partial charge >= 0.3 is 5.97 Å². The molecule has 6 nitrogen and oxygen atoms in total. The predicted octanol–water partition coefficient (Wildman–Crippen LogP) is 2.36. The number of hydrogen-bond donors (Lipinski definition) is 1. The Morgan fingerprint density at radius 2 is 2.04 bits per heavy atom. The Bertz CT molecular complexity index is 702. The Morgan fingerprint density at radius 1 is 1.30 bits per heavy atom. The number of hydrogen-bond acceptors (Lipinski definition) is 5. The highest BCUT2D eigenvalue weighted by molar-refractivity contribution is 5.92. The fraction of sp³-hybridized carbons (Fsp3) is 0.312. The van der Waals surface area contributed by atoms with E-state index in [1.807, 2.05) is 4.90 Å². The van der Waals surface area contributed by atoms with Crippen molar-refractivity contribution in [1.82, 2.24) is 9.97 Å². The number of ether oxygens (including phenoxy) is 1. The lowest BCUT2D eigenvalue weighted by Gasteiger charge is -2.33. The molecule has 1 fully saturated rings. The highest BCUT2D eigenvalue weighted by Gasteiger charge is 2.25. The molecule has 0 saturated carbocycles. The Balaban J connectivity index is 1.65. The van der Waals surface area contributed by atoms with E-state index in [1.165, 1.54) is 18.6 Å². The van der Waals surface area contributed by atoms with Crippen molar-refractivity contribution in [3.63, 3.8) is 0 Å². The van der Waals surface area contributed by atoms with Gasteiger partial charge in [-0.1, -0.05) is 12.1 Å². The van der Waals surface area contributed by atoms with E-state index in [0.29, 0.717) is 31.7 Å². The van der Waals surface area contributed by atoms with E-state index >= 15 is 0 Å². The summed E-state index contributed by atoms with van der Waals surface area (Å²) in [4.78, 5) is 21.0. The van der Waals surface area contributed by atoms with Crippen LogP contribution in [0, 0.1) is 5.82 Å². The van der Waals surface area contributed by atoms with E-state index < -0.39 is 5.97 Å². The summed E-state index contributed by atoms with van der Waals surface area (Å²) in [6, 6.07) is 6.32. The third-order valence-corrected chi connectivity index (χ3v) is 3.79. The van der Waals surface area contributed by atoms with E-state index in [-0.39, 0.29) is 23.2 Å². The molecule has 0 aliphatic carbocycles. The first-order valence-corrected chi connectivity index (χ1v) is 7.34. The second-order valence-corrected chi connectivity index (χ2v) is 5.30. The molecule has 0 radical (unpaired) electrons. The molecule has 1 saturated heterocycles. The van der Waals surface area contributed by atoms with Gasteiger partial charge in [-0.3, -0.25) is 0 Å². The lowest BCUT2D eigenvalue weighted by Crippen LogP contribution is -2.39. The number of halogens is 1. The lowest BCUT2D eigenvalue weighted by atomic mass is 10.1. The summed E-state index contributed by atoms with van der Waals surface area (Å²) in [5.41, 5.74) is 0.0842. The van der Waals surface area contributed by atoms with Crippen LogP contribution in [0.4, 0.5) is 10.2 Å². The minimum atomic E-state index is -1.05. The van der Waals surface area contributed by atoms with Crippen LogP contribution in [0.5, 0.6) is 5.75 Å². The summed E-state index contributed by atoms with van der Waals surface area (Å²) in [6.45, 7) is 1.19. The Kier molecular flexibility index (Phi) is 4.36. The molecule has 1 aromatic heterocycles. The van der Waals surface area contributed by atoms with Crippen molar-refractivity contribution in [2.75, 3.05) is 18.0 Å². The van der Waals surface area contributed by atoms with Gasteiger partial charge in [0.05, 0.1) is 0 Å². The van der Waals surface area contributed by atoms with Crippen LogP contribution in [0.15, 0.2) is 36.8 Å². The average molecular weight is 317 g/mol. The summed E-state index contributed by atoms with van der Waals surface area (Å²) in [6.07, 6.45) is 3.86. The second-order valence-electron chi connectivity index (χ2n) is 5.30. The Labute approximate surface area is 132 Å². The van der Waals surface area contributed by atoms with E-state index in [1.54, 1.807) is 18.2 Å². The molecule has 0 spiro atoms. The molecule has 1 aliphatic heterocycles. The maximum Gasteiger partial charge on any atom is 0.341 e. The van der Waals surface area contributed by atoms with Crippen molar-refractivity contribution in [3.05, 3.63) is 48.2 Å². The highest BCUT2D eigenvalue weighted by atomic mass is 19.1. The summed E-state index contributed by atoms with van der Waals surface area (Å²) in [5, 5.41) is 9.20. The lowest BCUT2D eigenvalue weighted by molar-refractivity contribution is 0.0696. The van der Waals surface area contributed by atoms with Gasteiger partial charge in [0.15, 0.2) is 11.6 Å². The van der Waals surface area contributed by atoms with Crippen LogP contribution in [0.25, 0.3) is 0 Å². The van der Waals surface area contributed by atoms with Crippen molar-refractivity contribution in [2.24, 2.45) is 0 Å². The molecule has 120 valence electrons. The first kappa shape index (κ1) is 15.2. The standard InChI is InChI=1S/C16H16FN3O3/c17-13-3-1-2-4-14(13)23-11-5-7-20(8-6-11)15-12(16(21)22)9-18-10-19-15/h1-4,9-11H,5-8H2,(H,21,22). The second kappa shape index (κ2) is 6.60. The fourth-order valence-corrected chi connectivity index (χ4v) is 2.63. The van der Waals surface area contributed by atoms with E-state index in [9.17, 15) is 14.3 Å². The van der Waals surface area contributed by atoms with E-state index in [0.717, 1.165) is 0 Å². The SMILES string of the molecule is O=C(O)c1cncnc1N1CCC(Oc2ccccc2F)CC1. The molecule has 0 unspecified atom stereocenters. The average Bonchev–Trinajstić information content (AvgIpc) is 2.58. The highest BCUT2D eigenvalue weighted by Crippen LogP contribution is 2.25. The number of anilines is 1. The molecular weight excluding hydrogens is 301 g/mol. The van der Waals surface area contributed by atoms with Crippen LogP contribution in [-0.4, -0.2) is 40.2 Å². The topological polar surface area (TPSA) is 75.5 Å².